The standard InChI is InChI=1S/C74H143NO5/c1-3-5-7-9-11-13-15-17-18-19-20-21-27-30-33-36-39-43-46-50-54-58-62-66-72(77)71(70-76)75-73(78)67-63-59-55-51-47-44-40-37-34-31-28-25-23-22-24-26-29-32-35-38-41-45-49-53-57-61-65-69-80-74(79)68-64-60-56-52-48-42-16-14-12-10-8-6-4-2/h14,16,62,66,71-72,76-77H,3-13,15,17-61,63-65,67-70H2,1-2H3,(H,75,78)/b16-14-,66-62+. The van der Waals surface area contributed by atoms with Crippen molar-refractivity contribution >= 4 is 11.9 Å². The number of amides is 1. The van der Waals surface area contributed by atoms with E-state index >= 15 is 0 Å². The average molecular weight is 1130 g/mol. The van der Waals surface area contributed by atoms with Crippen LogP contribution in [0.2, 0.25) is 0 Å². The Morgan fingerprint density at radius 3 is 0.900 bits per heavy atom. The fourth-order valence-corrected chi connectivity index (χ4v) is 11.6. The Hall–Kier alpha value is -1.66. The van der Waals surface area contributed by atoms with Crippen LogP contribution in [-0.2, 0) is 14.3 Å². The first-order chi connectivity index (χ1) is 39.5. The van der Waals surface area contributed by atoms with Crippen molar-refractivity contribution in [1.29, 1.82) is 0 Å². The summed E-state index contributed by atoms with van der Waals surface area (Å²) in [6, 6.07) is -0.627. The maximum absolute atomic E-state index is 12.5. The fraction of sp³-hybridized carbons (Fsp3) is 0.919. The first-order valence-electron chi connectivity index (χ1n) is 36.6. The molecule has 0 aromatic rings. The Labute approximate surface area is 501 Å². The molecule has 0 aromatic carbocycles. The minimum absolute atomic E-state index is 0.00919. The Morgan fingerprint density at radius 2 is 0.588 bits per heavy atom. The van der Waals surface area contributed by atoms with Crippen LogP contribution in [0.15, 0.2) is 24.3 Å². The largest absolute Gasteiger partial charge is 0.466 e. The number of hydrogen-bond donors (Lipinski definition) is 3. The smallest absolute Gasteiger partial charge is 0.305 e. The molecule has 2 atom stereocenters. The van der Waals surface area contributed by atoms with Crippen LogP contribution in [-0.4, -0.2) is 47.4 Å². The molecule has 0 aromatic heterocycles. The molecule has 474 valence electrons. The minimum atomic E-state index is -0.844. The number of esters is 1. The highest BCUT2D eigenvalue weighted by Crippen LogP contribution is 2.19. The number of rotatable bonds is 69. The van der Waals surface area contributed by atoms with Crippen LogP contribution in [0.3, 0.4) is 0 Å². The van der Waals surface area contributed by atoms with Crippen LogP contribution in [0.25, 0.3) is 0 Å². The summed E-state index contributed by atoms with van der Waals surface area (Å²) in [5.74, 6) is -0.0514. The van der Waals surface area contributed by atoms with Crippen molar-refractivity contribution < 1.29 is 24.5 Å². The van der Waals surface area contributed by atoms with E-state index in [1.54, 1.807) is 6.08 Å². The molecule has 0 bridgehead atoms. The Morgan fingerprint density at radius 1 is 0.338 bits per heavy atom. The monoisotopic (exact) mass is 1130 g/mol. The van der Waals surface area contributed by atoms with E-state index in [4.69, 9.17) is 4.74 Å². The molecule has 6 heteroatoms. The SMILES string of the molecule is CCCCCC/C=C\CCCCCCCC(=O)OCCCCCCCCCCCCCCCCCCCCCCCCCCCCCC(=O)NC(CO)C(O)/C=C/CCCCCCCCCCCCCCCCCCCCCCC. The predicted molar refractivity (Wildman–Crippen MR) is 352 cm³/mol. The molecule has 0 rings (SSSR count). The van der Waals surface area contributed by atoms with Crippen molar-refractivity contribution in [3.63, 3.8) is 0 Å². The Balaban J connectivity index is 3.38. The van der Waals surface area contributed by atoms with Gasteiger partial charge in [-0.3, -0.25) is 9.59 Å². The molecule has 0 spiro atoms. The molecule has 0 aliphatic rings. The van der Waals surface area contributed by atoms with E-state index in [1.165, 1.54) is 340 Å². The second-order valence-corrected chi connectivity index (χ2v) is 25.3. The van der Waals surface area contributed by atoms with E-state index in [1.807, 2.05) is 6.08 Å². The zero-order valence-corrected chi connectivity index (χ0v) is 54.3. The van der Waals surface area contributed by atoms with Crippen molar-refractivity contribution in [2.45, 2.75) is 424 Å². The molecule has 6 nitrogen and oxygen atoms in total. The van der Waals surface area contributed by atoms with E-state index in [-0.39, 0.29) is 18.5 Å². The van der Waals surface area contributed by atoms with E-state index in [2.05, 4.69) is 31.3 Å². The molecule has 0 saturated carbocycles. The van der Waals surface area contributed by atoms with Crippen molar-refractivity contribution in [3.05, 3.63) is 24.3 Å². The molecule has 0 aliphatic heterocycles. The molecule has 0 saturated heterocycles. The van der Waals surface area contributed by atoms with Gasteiger partial charge in [-0.25, -0.2) is 0 Å². The highest BCUT2D eigenvalue weighted by molar-refractivity contribution is 5.76. The third-order valence-corrected chi connectivity index (χ3v) is 17.2. The summed E-state index contributed by atoms with van der Waals surface area (Å²) in [5, 5.41) is 23.3. The van der Waals surface area contributed by atoms with Crippen molar-refractivity contribution in [1.82, 2.24) is 5.32 Å². The molecule has 3 N–H and O–H groups in total. The molecule has 2 unspecified atom stereocenters. The van der Waals surface area contributed by atoms with Crippen LogP contribution < -0.4 is 5.32 Å². The van der Waals surface area contributed by atoms with Crippen molar-refractivity contribution in [3.8, 4) is 0 Å². The fourth-order valence-electron chi connectivity index (χ4n) is 11.6. The molecular weight excluding hydrogens is 983 g/mol. The van der Waals surface area contributed by atoms with Gasteiger partial charge >= 0.3 is 5.97 Å². The normalized spacial score (nSPS) is 12.6. The van der Waals surface area contributed by atoms with E-state index in [0.717, 1.165) is 44.9 Å². The van der Waals surface area contributed by atoms with Crippen LogP contribution in [0.1, 0.15) is 412 Å². The Bertz CT molecular complexity index is 1250. The van der Waals surface area contributed by atoms with Crippen LogP contribution >= 0.6 is 0 Å². The van der Waals surface area contributed by atoms with Crippen molar-refractivity contribution in [2.24, 2.45) is 0 Å². The number of carbonyl (C=O) groups is 2. The highest BCUT2D eigenvalue weighted by atomic mass is 16.5. The third kappa shape index (κ3) is 65.5. The number of aliphatic hydroxyl groups excluding tert-OH is 2. The number of unbranched alkanes of at least 4 members (excludes halogenated alkanes) is 56. The van der Waals surface area contributed by atoms with Gasteiger partial charge in [-0.05, 0) is 57.8 Å². The summed E-state index contributed by atoms with van der Waals surface area (Å²) in [7, 11) is 0. The second-order valence-electron chi connectivity index (χ2n) is 25.3. The lowest BCUT2D eigenvalue weighted by atomic mass is 10.0. The number of allylic oxidation sites excluding steroid dienone is 3. The Kier molecular flexibility index (Phi) is 68.4. The van der Waals surface area contributed by atoms with Gasteiger partial charge in [0.05, 0.1) is 25.4 Å². The number of ether oxygens (including phenoxy) is 1. The van der Waals surface area contributed by atoms with Crippen molar-refractivity contribution in [2.75, 3.05) is 13.2 Å². The van der Waals surface area contributed by atoms with Gasteiger partial charge in [0, 0.05) is 12.8 Å². The number of nitrogens with one attached hydrogen (secondary N) is 1. The maximum atomic E-state index is 12.5. The average Bonchev–Trinajstić information content (AvgIpc) is 3.46. The van der Waals surface area contributed by atoms with Crippen LogP contribution in [0.4, 0.5) is 0 Å². The zero-order valence-electron chi connectivity index (χ0n) is 54.3. The van der Waals surface area contributed by atoms with E-state index < -0.39 is 12.1 Å². The summed E-state index contributed by atoms with van der Waals surface area (Å²) in [5.41, 5.74) is 0. The molecule has 80 heavy (non-hydrogen) atoms. The lowest BCUT2D eigenvalue weighted by molar-refractivity contribution is -0.143. The lowest BCUT2D eigenvalue weighted by Crippen LogP contribution is -2.45. The summed E-state index contributed by atoms with van der Waals surface area (Å²) in [6.45, 7) is 4.93. The third-order valence-electron chi connectivity index (χ3n) is 17.2. The quantitative estimate of drug-likeness (QED) is 0.0320. The molecule has 0 aliphatic carbocycles. The molecule has 0 radical (unpaired) electrons. The van der Waals surface area contributed by atoms with Crippen LogP contribution in [0, 0.1) is 0 Å². The van der Waals surface area contributed by atoms with E-state index in [9.17, 15) is 19.8 Å². The molecule has 1 amide bonds. The maximum Gasteiger partial charge on any atom is 0.305 e. The number of hydrogen-bond acceptors (Lipinski definition) is 5. The lowest BCUT2D eigenvalue weighted by Gasteiger charge is -2.20. The van der Waals surface area contributed by atoms with Gasteiger partial charge in [0.25, 0.3) is 0 Å². The molecule has 0 heterocycles. The highest BCUT2D eigenvalue weighted by Gasteiger charge is 2.18. The number of aliphatic hydroxyl groups is 2. The van der Waals surface area contributed by atoms with Gasteiger partial charge < -0.3 is 20.3 Å². The second kappa shape index (κ2) is 69.8. The van der Waals surface area contributed by atoms with Crippen LogP contribution in [0.5, 0.6) is 0 Å². The summed E-state index contributed by atoms with van der Waals surface area (Å²) >= 11 is 0. The zero-order chi connectivity index (χ0) is 57.8. The predicted octanol–water partition coefficient (Wildman–Crippen LogP) is 23.7. The van der Waals surface area contributed by atoms with Gasteiger partial charge in [-0.1, -0.05) is 366 Å². The summed E-state index contributed by atoms with van der Waals surface area (Å²) in [6.07, 6.45) is 88.4. The molecular formula is C74H143NO5. The van der Waals surface area contributed by atoms with Gasteiger partial charge in [-0.15, -0.1) is 0 Å². The summed E-state index contributed by atoms with van der Waals surface area (Å²) in [4.78, 5) is 24.6. The minimum Gasteiger partial charge on any atom is -0.466 e. The first kappa shape index (κ1) is 78.3. The topological polar surface area (TPSA) is 95.9 Å². The van der Waals surface area contributed by atoms with Gasteiger partial charge in [0.1, 0.15) is 0 Å². The van der Waals surface area contributed by atoms with E-state index in [0.29, 0.717) is 19.4 Å². The first-order valence-corrected chi connectivity index (χ1v) is 36.6. The molecule has 0 fully saturated rings. The summed E-state index contributed by atoms with van der Waals surface area (Å²) < 4.78 is 5.48. The van der Waals surface area contributed by atoms with Gasteiger partial charge in [-0.2, -0.15) is 0 Å². The number of carbonyl (C=O) groups excluding carboxylic acids is 2. The van der Waals surface area contributed by atoms with Gasteiger partial charge in [0.2, 0.25) is 5.91 Å². The van der Waals surface area contributed by atoms with Gasteiger partial charge in [0.15, 0.2) is 0 Å².